The summed E-state index contributed by atoms with van der Waals surface area (Å²) < 4.78 is 29.3. The maximum absolute atomic E-state index is 12.5. The standard InChI is InChI=1S/C20H13F2NO2S/c21-20(22)25-18-9-2-1-8-17(18)19(24)23-15-6-3-5-14(13-15)10-11-16-7-4-12-26-16/h1-9,12-13,20H,(H,23,24). The number of nitrogens with one attached hydrogen (secondary N) is 1. The fourth-order valence-electron chi connectivity index (χ4n) is 2.21. The van der Waals surface area contributed by atoms with Crippen LogP contribution in [0.4, 0.5) is 14.5 Å². The van der Waals surface area contributed by atoms with Crippen LogP contribution in [-0.2, 0) is 0 Å². The Morgan fingerprint density at radius 3 is 2.65 bits per heavy atom. The molecular formula is C20H13F2NO2S. The summed E-state index contributed by atoms with van der Waals surface area (Å²) in [6.45, 7) is -3.00. The first-order valence-corrected chi connectivity index (χ1v) is 8.50. The van der Waals surface area contributed by atoms with Crippen LogP contribution in [0.5, 0.6) is 5.75 Å². The van der Waals surface area contributed by atoms with Crippen LogP contribution in [-0.4, -0.2) is 12.5 Å². The van der Waals surface area contributed by atoms with E-state index in [2.05, 4.69) is 21.9 Å². The van der Waals surface area contributed by atoms with E-state index in [1.165, 1.54) is 18.2 Å². The second kappa shape index (κ2) is 8.28. The minimum atomic E-state index is -3.00. The van der Waals surface area contributed by atoms with Gasteiger partial charge in [-0.25, -0.2) is 0 Å². The molecule has 6 heteroatoms. The lowest BCUT2D eigenvalue weighted by Crippen LogP contribution is -2.15. The summed E-state index contributed by atoms with van der Waals surface area (Å²) >= 11 is 1.54. The number of thiophene rings is 1. The Bertz CT molecular complexity index is 959. The Hall–Kier alpha value is -3.17. The number of halogens is 2. The van der Waals surface area contributed by atoms with Gasteiger partial charge >= 0.3 is 6.61 Å². The summed E-state index contributed by atoms with van der Waals surface area (Å²) in [7, 11) is 0. The van der Waals surface area contributed by atoms with Gasteiger partial charge in [0, 0.05) is 11.3 Å². The second-order valence-electron chi connectivity index (χ2n) is 5.14. The third-order valence-corrected chi connectivity index (χ3v) is 4.10. The van der Waals surface area contributed by atoms with Crippen molar-refractivity contribution in [1.82, 2.24) is 0 Å². The van der Waals surface area contributed by atoms with Gasteiger partial charge in [0.2, 0.25) is 0 Å². The topological polar surface area (TPSA) is 38.3 Å². The lowest BCUT2D eigenvalue weighted by Gasteiger charge is -2.11. The summed E-state index contributed by atoms with van der Waals surface area (Å²) in [4.78, 5) is 13.3. The number of benzene rings is 2. The lowest BCUT2D eigenvalue weighted by molar-refractivity contribution is -0.0501. The third-order valence-electron chi connectivity index (χ3n) is 3.32. The lowest BCUT2D eigenvalue weighted by atomic mass is 10.1. The zero-order valence-corrected chi connectivity index (χ0v) is 14.2. The molecule has 3 aromatic rings. The number of carbonyl (C=O) groups excluding carboxylic acids is 1. The van der Waals surface area contributed by atoms with Gasteiger partial charge in [0.15, 0.2) is 0 Å². The molecule has 2 aromatic carbocycles. The highest BCUT2D eigenvalue weighted by Gasteiger charge is 2.15. The fraction of sp³-hybridized carbons (Fsp3) is 0.0500. The highest BCUT2D eigenvalue weighted by molar-refractivity contribution is 7.10. The van der Waals surface area contributed by atoms with E-state index in [4.69, 9.17) is 0 Å². The van der Waals surface area contributed by atoms with Crippen molar-refractivity contribution >= 4 is 22.9 Å². The van der Waals surface area contributed by atoms with Gasteiger partial charge in [-0.1, -0.05) is 36.1 Å². The van der Waals surface area contributed by atoms with Crippen LogP contribution >= 0.6 is 11.3 Å². The maximum Gasteiger partial charge on any atom is 0.387 e. The van der Waals surface area contributed by atoms with Gasteiger partial charge in [-0.3, -0.25) is 4.79 Å². The molecule has 0 aliphatic rings. The number of carbonyl (C=O) groups is 1. The van der Waals surface area contributed by atoms with E-state index >= 15 is 0 Å². The summed E-state index contributed by atoms with van der Waals surface area (Å²) in [5, 5.41) is 4.62. The molecule has 3 nitrogen and oxygen atoms in total. The summed E-state index contributed by atoms with van der Waals surface area (Å²) in [5.41, 5.74) is 1.27. The van der Waals surface area contributed by atoms with Crippen LogP contribution in [0.25, 0.3) is 0 Å². The first-order valence-electron chi connectivity index (χ1n) is 7.62. The molecular weight excluding hydrogens is 356 g/mol. The molecule has 0 unspecified atom stereocenters. The van der Waals surface area contributed by atoms with Gasteiger partial charge in [-0.2, -0.15) is 8.78 Å². The number of hydrogen-bond donors (Lipinski definition) is 1. The maximum atomic E-state index is 12.5. The molecule has 1 heterocycles. The molecule has 0 radical (unpaired) electrons. The number of anilines is 1. The minimum Gasteiger partial charge on any atom is -0.434 e. The van der Waals surface area contributed by atoms with Crippen LogP contribution in [0, 0.1) is 11.8 Å². The van der Waals surface area contributed by atoms with Crippen molar-refractivity contribution in [2.24, 2.45) is 0 Å². The molecule has 0 aliphatic carbocycles. The Kier molecular flexibility index (Phi) is 5.62. The second-order valence-corrected chi connectivity index (χ2v) is 6.08. The molecule has 0 fully saturated rings. The Balaban J connectivity index is 1.77. The van der Waals surface area contributed by atoms with Gasteiger partial charge in [0.25, 0.3) is 5.91 Å². The van der Waals surface area contributed by atoms with Crippen molar-refractivity contribution in [3.8, 4) is 17.6 Å². The number of alkyl halides is 2. The SMILES string of the molecule is O=C(Nc1cccc(C#Cc2cccs2)c1)c1ccccc1OC(F)F. The van der Waals surface area contributed by atoms with E-state index in [1.807, 2.05) is 23.6 Å². The van der Waals surface area contributed by atoms with E-state index in [1.54, 1.807) is 35.6 Å². The Morgan fingerprint density at radius 1 is 1.04 bits per heavy atom. The molecule has 3 rings (SSSR count). The van der Waals surface area contributed by atoms with Crippen LogP contribution in [0.1, 0.15) is 20.8 Å². The molecule has 1 aromatic heterocycles. The van der Waals surface area contributed by atoms with Gasteiger partial charge in [-0.15, -0.1) is 11.3 Å². The molecule has 0 bridgehead atoms. The smallest absolute Gasteiger partial charge is 0.387 e. The van der Waals surface area contributed by atoms with Crippen LogP contribution in [0.2, 0.25) is 0 Å². The van der Waals surface area contributed by atoms with Gasteiger partial charge in [0.1, 0.15) is 5.75 Å². The number of ether oxygens (including phenoxy) is 1. The van der Waals surface area contributed by atoms with Gasteiger partial charge < -0.3 is 10.1 Å². The minimum absolute atomic E-state index is 0.0304. The summed E-state index contributed by atoms with van der Waals surface area (Å²) in [5.74, 6) is 5.35. The largest absolute Gasteiger partial charge is 0.434 e. The zero-order chi connectivity index (χ0) is 18.4. The molecule has 130 valence electrons. The van der Waals surface area contributed by atoms with Crippen LogP contribution < -0.4 is 10.1 Å². The number of amides is 1. The normalized spacial score (nSPS) is 10.1. The van der Waals surface area contributed by atoms with Crippen LogP contribution in [0.3, 0.4) is 0 Å². The van der Waals surface area contributed by atoms with Crippen molar-refractivity contribution < 1.29 is 18.3 Å². The predicted octanol–water partition coefficient (Wildman–Crippen LogP) is 5.00. The Morgan fingerprint density at radius 2 is 1.88 bits per heavy atom. The highest BCUT2D eigenvalue weighted by Crippen LogP contribution is 2.22. The first-order chi connectivity index (χ1) is 12.6. The van der Waals surface area contributed by atoms with Crippen molar-refractivity contribution in [1.29, 1.82) is 0 Å². The molecule has 0 saturated heterocycles. The van der Waals surface area contributed by atoms with Gasteiger partial charge in [0.05, 0.1) is 10.4 Å². The zero-order valence-electron chi connectivity index (χ0n) is 13.4. The van der Waals surface area contributed by atoms with E-state index in [0.29, 0.717) is 5.69 Å². The molecule has 0 aliphatic heterocycles. The number of rotatable bonds is 4. The van der Waals surface area contributed by atoms with Crippen molar-refractivity contribution in [2.45, 2.75) is 6.61 Å². The quantitative estimate of drug-likeness (QED) is 0.657. The highest BCUT2D eigenvalue weighted by atomic mass is 32.1. The number of hydrogen-bond acceptors (Lipinski definition) is 3. The molecule has 0 saturated carbocycles. The van der Waals surface area contributed by atoms with Crippen molar-refractivity contribution in [3.05, 3.63) is 82.0 Å². The number of para-hydroxylation sites is 1. The van der Waals surface area contributed by atoms with Crippen LogP contribution in [0.15, 0.2) is 66.0 Å². The average Bonchev–Trinajstić information content (AvgIpc) is 3.14. The van der Waals surface area contributed by atoms with E-state index < -0.39 is 12.5 Å². The Labute approximate surface area is 153 Å². The molecule has 0 atom stereocenters. The van der Waals surface area contributed by atoms with E-state index in [9.17, 15) is 13.6 Å². The molecule has 26 heavy (non-hydrogen) atoms. The van der Waals surface area contributed by atoms with E-state index in [0.717, 1.165) is 10.4 Å². The third kappa shape index (κ3) is 4.68. The first kappa shape index (κ1) is 17.6. The average molecular weight is 369 g/mol. The molecule has 1 N–H and O–H groups in total. The monoisotopic (exact) mass is 369 g/mol. The summed E-state index contributed by atoms with van der Waals surface area (Å²) in [6.07, 6.45) is 0. The molecule has 1 amide bonds. The van der Waals surface area contributed by atoms with Gasteiger partial charge in [-0.05, 0) is 41.8 Å². The molecule has 0 spiro atoms. The van der Waals surface area contributed by atoms with Crippen molar-refractivity contribution in [2.75, 3.05) is 5.32 Å². The van der Waals surface area contributed by atoms with E-state index in [-0.39, 0.29) is 11.3 Å². The summed E-state index contributed by atoms with van der Waals surface area (Å²) in [6, 6.07) is 16.7. The van der Waals surface area contributed by atoms with Crippen molar-refractivity contribution in [3.63, 3.8) is 0 Å². The predicted molar refractivity (Wildman–Crippen MR) is 97.8 cm³/mol. The fourth-order valence-corrected chi connectivity index (χ4v) is 2.78.